The molecule has 0 spiro atoms. The maximum atomic E-state index is 9.19. The van der Waals surface area contributed by atoms with Crippen molar-refractivity contribution in [2.24, 2.45) is 5.92 Å². The van der Waals surface area contributed by atoms with E-state index in [1.54, 1.807) is 11.3 Å². The van der Waals surface area contributed by atoms with Crippen molar-refractivity contribution in [2.75, 3.05) is 19.7 Å². The summed E-state index contributed by atoms with van der Waals surface area (Å²) < 4.78 is 0. The predicted molar refractivity (Wildman–Crippen MR) is 91.5 cm³/mol. The second kappa shape index (κ2) is 7.55. The molecule has 5 heteroatoms. The number of aliphatic hydroxyl groups excluding tert-OH is 1. The molecule has 1 N–H and O–H groups in total. The summed E-state index contributed by atoms with van der Waals surface area (Å²) in [5.41, 5.74) is 2.41. The molecule has 118 valence electrons. The second-order valence-corrected chi connectivity index (χ2v) is 7.32. The van der Waals surface area contributed by atoms with Crippen LogP contribution >= 0.6 is 22.9 Å². The van der Waals surface area contributed by atoms with Crippen LogP contribution in [0.5, 0.6) is 0 Å². The molecule has 1 aromatic heterocycles. The zero-order chi connectivity index (χ0) is 15.4. The fraction of sp³-hybridized carbons (Fsp3) is 0.471. The van der Waals surface area contributed by atoms with E-state index in [1.807, 2.05) is 12.1 Å². The summed E-state index contributed by atoms with van der Waals surface area (Å²) in [5, 5.41) is 13.3. The van der Waals surface area contributed by atoms with Gasteiger partial charge in [-0.25, -0.2) is 4.98 Å². The van der Waals surface area contributed by atoms with E-state index in [9.17, 15) is 5.11 Å². The third kappa shape index (κ3) is 4.29. The Morgan fingerprint density at radius 3 is 2.64 bits per heavy atom. The monoisotopic (exact) mass is 336 g/mol. The lowest BCUT2D eigenvalue weighted by molar-refractivity contribution is 0.126. The van der Waals surface area contributed by atoms with Crippen molar-refractivity contribution in [3.63, 3.8) is 0 Å². The van der Waals surface area contributed by atoms with Gasteiger partial charge in [0.2, 0.25) is 0 Å². The van der Waals surface area contributed by atoms with E-state index in [1.165, 1.54) is 5.56 Å². The molecular weight excluding hydrogens is 316 g/mol. The van der Waals surface area contributed by atoms with Crippen molar-refractivity contribution in [1.82, 2.24) is 9.88 Å². The number of benzene rings is 1. The van der Waals surface area contributed by atoms with Crippen molar-refractivity contribution in [1.29, 1.82) is 0 Å². The molecule has 0 atom stereocenters. The normalized spacial score (nSPS) is 17.0. The van der Waals surface area contributed by atoms with Gasteiger partial charge in [0.1, 0.15) is 0 Å². The maximum Gasteiger partial charge on any atom is 0.0972 e. The lowest BCUT2D eigenvalue weighted by Gasteiger charge is -2.30. The van der Waals surface area contributed by atoms with Crippen LogP contribution in [0.25, 0.3) is 0 Å². The summed E-state index contributed by atoms with van der Waals surface area (Å²) in [6.45, 7) is 3.38. The van der Waals surface area contributed by atoms with Crippen molar-refractivity contribution in [3.8, 4) is 0 Å². The van der Waals surface area contributed by atoms with Gasteiger partial charge < -0.3 is 5.11 Å². The third-order valence-electron chi connectivity index (χ3n) is 4.22. The Morgan fingerprint density at radius 2 is 1.95 bits per heavy atom. The van der Waals surface area contributed by atoms with Gasteiger partial charge in [-0.1, -0.05) is 23.7 Å². The average molecular weight is 337 g/mol. The Bertz CT molecular complexity index is 591. The van der Waals surface area contributed by atoms with Crippen LogP contribution in [0.1, 0.15) is 29.1 Å². The number of nitrogens with zero attached hydrogens (tertiary/aromatic N) is 2. The smallest absolute Gasteiger partial charge is 0.0972 e. The van der Waals surface area contributed by atoms with Crippen molar-refractivity contribution in [3.05, 3.63) is 50.9 Å². The predicted octanol–water partition coefficient (Wildman–Crippen LogP) is 3.59. The Kier molecular flexibility index (Phi) is 5.47. The Morgan fingerprint density at radius 1 is 1.23 bits per heavy atom. The molecule has 2 heterocycles. The van der Waals surface area contributed by atoms with Gasteiger partial charge in [0.05, 0.1) is 10.7 Å². The number of hydrogen-bond acceptors (Lipinski definition) is 4. The number of aliphatic hydroxyl groups is 1. The van der Waals surface area contributed by atoms with Crippen LogP contribution in [0.15, 0.2) is 29.6 Å². The molecule has 1 aliphatic heterocycles. The number of halogens is 1. The van der Waals surface area contributed by atoms with E-state index in [-0.39, 0.29) is 0 Å². The molecule has 0 bridgehead atoms. The van der Waals surface area contributed by atoms with E-state index in [0.29, 0.717) is 12.5 Å². The largest absolute Gasteiger partial charge is 0.396 e. The number of rotatable bonds is 5. The van der Waals surface area contributed by atoms with Crippen LogP contribution in [0, 0.1) is 5.92 Å². The van der Waals surface area contributed by atoms with Gasteiger partial charge in [-0.2, -0.15) is 0 Å². The summed E-state index contributed by atoms with van der Waals surface area (Å²) in [7, 11) is 0. The zero-order valence-electron chi connectivity index (χ0n) is 12.5. The van der Waals surface area contributed by atoms with E-state index in [2.05, 4.69) is 22.4 Å². The highest BCUT2D eigenvalue weighted by molar-refractivity contribution is 7.09. The molecule has 0 aliphatic carbocycles. The third-order valence-corrected chi connectivity index (χ3v) is 5.37. The SMILES string of the molecule is OCC1CCN(Cc2csc(Cc3ccc(Cl)cc3)n2)CC1. The minimum absolute atomic E-state index is 0.329. The van der Waals surface area contributed by atoms with E-state index < -0.39 is 0 Å². The number of aromatic nitrogens is 1. The molecule has 0 radical (unpaired) electrons. The van der Waals surface area contributed by atoms with Gasteiger partial charge in [0.25, 0.3) is 0 Å². The first-order valence-corrected chi connectivity index (χ1v) is 8.99. The van der Waals surface area contributed by atoms with Crippen molar-refractivity contribution >= 4 is 22.9 Å². The van der Waals surface area contributed by atoms with Gasteiger partial charge >= 0.3 is 0 Å². The fourth-order valence-corrected chi connectivity index (χ4v) is 3.78. The average Bonchev–Trinajstić information content (AvgIpc) is 2.97. The summed E-state index contributed by atoms with van der Waals surface area (Å²) >= 11 is 7.65. The summed E-state index contributed by atoms with van der Waals surface area (Å²) in [6, 6.07) is 7.97. The van der Waals surface area contributed by atoms with Gasteiger partial charge in [-0.05, 0) is 49.5 Å². The second-order valence-electron chi connectivity index (χ2n) is 5.94. The van der Waals surface area contributed by atoms with Crippen LogP contribution < -0.4 is 0 Å². The minimum atomic E-state index is 0.329. The molecule has 2 aromatic rings. The van der Waals surface area contributed by atoms with Crippen molar-refractivity contribution < 1.29 is 5.11 Å². The quantitative estimate of drug-likeness (QED) is 0.906. The molecule has 3 rings (SSSR count). The highest BCUT2D eigenvalue weighted by Gasteiger charge is 2.19. The van der Waals surface area contributed by atoms with Gasteiger partial charge in [0.15, 0.2) is 0 Å². The molecular formula is C17H21ClN2OS. The number of thiazole rings is 1. The first kappa shape index (κ1) is 15.9. The molecule has 1 saturated heterocycles. The zero-order valence-corrected chi connectivity index (χ0v) is 14.1. The number of likely N-dealkylation sites (tertiary alicyclic amines) is 1. The standard InChI is InChI=1S/C17H21ClN2OS/c18-15-3-1-13(2-4-15)9-17-19-16(12-22-17)10-20-7-5-14(11-21)6-8-20/h1-4,12,14,21H,5-11H2. The van der Waals surface area contributed by atoms with E-state index in [4.69, 9.17) is 16.6 Å². The van der Waals surface area contributed by atoms with Crippen LogP contribution in [-0.4, -0.2) is 34.7 Å². The van der Waals surface area contributed by atoms with Gasteiger partial charge in [0, 0.05) is 30.0 Å². The molecule has 0 amide bonds. The Hall–Kier alpha value is -0.940. The molecule has 0 saturated carbocycles. The fourth-order valence-electron chi connectivity index (χ4n) is 2.84. The van der Waals surface area contributed by atoms with Gasteiger partial charge in [-0.15, -0.1) is 11.3 Å². The van der Waals surface area contributed by atoms with Crippen LogP contribution in [0.4, 0.5) is 0 Å². The van der Waals surface area contributed by atoms with Crippen LogP contribution in [0.2, 0.25) is 5.02 Å². The molecule has 0 unspecified atom stereocenters. The van der Waals surface area contributed by atoms with E-state index >= 15 is 0 Å². The summed E-state index contributed by atoms with van der Waals surface area (Å²) in [5.74, 6) is 0.493. The van der Waals surface area contributed by atoms with Crippen LogP contribution in [0.3, 0.4) is 0 Å². The lowest BCUT2D eigenvalue weighted by atomic mass is 9.98. The molecule has 3 nitrogen and oxygen atoms in total. The van der Waals surface area contributed by atoms with Gasteiger partial charge in [-0.3, -0.25) is 4.90 Å². The maximum absolute atomic E-state index is 9.19. The molecule has 1 aromatic carbocycles. The highest BCUT2D eigenvalue weighted by atomic mass is 35.5. The first-order valence-electron chi connectivity index (χ1n) is 7.74. The summed E-state index contributed by atoms with van der Waals surface area (Å²) in [6.07, 6.45) is 3.06. The van der Waals surface area contributed by atoms with Crippen molar-refractivity contribution in [2.45, 2.75) is 25.8 Å². The first-order chi connectivity index (χ1) is 10.7. The Labute approximate surface area is 140 Å². The van der Waals surface area contributed by atoms with Crippen LogP contribution in [-0.2, 0) is 13.0 Å². The summed E-state index contributed by atoms with van der Waals surface area (Å²) in [4.78, 5) is 7.19. The topological polar surface area (TPSA) is 36.4 Å². The highest BCUT2D eigenvalue weighted by Crippen LogP contribution is 2.21. The molecule has 1 fully saturated rings. The molecule has 1 aliphatic rings. The molecule has 22 heavy (non-hydrogen) atoms. The minimum Gasteiger partial charge on any atom is -0.396 e. The number of hydrogen-bond donors (Lipinski definition) is 1. The lowest BCUT2D eigenvalue weighted by Crippen LogP contribution is -2.34. The van der Waals surface area contributed by atoms with E-state index in [0.717, 1.165) is 54.6 Å². The Balaban J connectivity index is 1.54. The number of piperidine rings is 1.